The number of carbonyl (C=O) groups is 1. The lowest BCUT2D eigenvalue weighted by Crippen LogP contribution is -2.36. The molecule has 5 rings (SSSR count). The van der Waals surface area contributed by atoms with Gasteiger partial charge in [-0.15, -0.1) is 0 Å². The summed E-state index contributed by atoms with van der Waals surface area (Å²) in [6.45, 7) is 6.93. The minimum Gasteiger partial charge on any atom is -0.343 e. The van der Waals surface area contributed by atoms with Crippen LogP contribution in [0.15, 0.2) is 30.7 Å². The van der Waals surface area contributed by atoms with Gasteiger partial charge in [0.25, 0.3) is 0 Å². The Labute approximate surface area is 173 Å². The molecule has 8 heteroatoms. The topological polar surface area (TPSA) is 67.8 Å². The summed E-state index contributed by atoms with van der Waals surface area (Å²) < 4.78 is 18.4. The first kappa shape index (κ1) is 18.7. The van der Waals surface area contributed by atoms with Gasteiger partial charge in [-0.05, 0) is 44.4 Å². The van der Waals surface area contributed by atoms with Gasteiger partial charge < -0.3 is 9.30 Å². The fourth-order valence-electron chi connectivity index (χ4n) is 4.29. The van der Waals surface area contributed by atoms with Gasteiger partial charge in [0.05, 0.1) is 23.3 Å². The minimum absolute atomic E-state index is 0.104. The summed E-state index contributed by atoms with van der Waals surface area (Å²) in [7, 11) is 0. The summed E-state index contributed by atoms with van der Waals surface area (Å²) in [4.78, 5) is 22.4. The molecule has 1 aliphatic heterocycles. The molecule has 4 aromatic heterocycles. The molecule has 0 aliphatic carbocycles. The number of halogens is 1. The maximum absolute atomic E-state index is 14.9. The summed E-state index contributed by atoms with van der Waals surface area (Å²) in [6, 6.07) is 3.42. The number of likely N-dealkylation sites (tertiary alicyclic amines) is 1. The molecule has 1 fully saturated rings. The van der Waals surface area contributed by atoms with E-state index in [1.807, 2.05) is 43.4 Å². The zero-order chi connectivity index (χ0) is 21.0. The molecule has 0 saturated carbocycles. The fraction of sp³-hybridized carbons (Fsp3) is 0.364. The summed E-state index contributed by atoms with van der Waals surface area (Å²) in [5.74, 6) is -0.0396. The lowest BCUT2D eigenvalue weighted by Gasteiger charge is -2.30. The van der Waals surface area contributed by atoms with Gasteiger partial charge in [0.15, 0.2) is 17.1 Å². The van der Waals surface area contributed by atoms with Gasteiger partial charge in [0.2, 0.25) is 5.91 Å². The van der Waals surface area contributed by atoms with Gasteiger partial charge in [-0.25, -0.2) is 18.9 Å². The second-order valence-electron chi connectivity index (χ2n) is 8.12. The van der Waals surface area contributed by atoms with E-state index < -0.39 is 0 Å². The van der Waals surface area contributed by atoms with E-state index in [-0.39, 0.29) is 17.6 Å². The highest BCUT2D eigenvalue weighted by Crippen LogP contribution is 2.29. The second kappa shape index (κ2) is 6.90. The number of hydrogen-bond donors (Lipinski definition) is 0. The van der Waals surface area contributed by atoms with Crippen molar-refractivity contribution in [2.75, 3.05) is 13.1 Å². The number of amides is 1. The molecule has 7 nitrogen and oxygen atoms in total. The highest BCUT2D eigenvalue weighted by molar-refractivity contribution is 5.73. The van der Waals surface area contributed by atoms with Gasteiger partial charge >= 0.3 is 0 Å². The van der Waals surface area contributed by atoms with Crippen molar-refractivity contribution in [1.29, 1.82) is 0 Å². The van der Waals surface area contributed by atoms with E-state index in [9.17, 15) is 9.18 Å². The Hall–Kier alpha value is -3.29. The van der Waals surface area contributed by atoms with Crippen LogP contribution in [-0.4, -0.2) is 47.9 Å². The molecule has 1 amide bonds. The predicted molar refractivity (Wildman–Crippen MR) is 111 cm³/mol. The number of piperidine rings is 1. The van der Waals surface area contributed by atoms with Crippen molar-refractivity contribution in [3.63, 3.8) is 0 Å². The Balaban J connectivity index is 1.51. The monoisotopic (exact) mass is 406 g/mol. The third-order valence-electron chi connectivity index (χ3n) is 5.91. The third-order valence-corrected chi connectivity index (χ3v) is 5.91. The van der Waals surface area contributed by atoms with Crippen molar-refractivity contribution >= 4 is 17.2 Å². The number of hydrogen-bond acceptors (Lipinski definition) is 4. The van der Waals surface area contributed by atoms with Crippen LogP contribution < -0.4 is 0 Å². The van der Waals surface area contributed by atoms with Gasteiger partial charge in [-0.3, -0.25) is 4.79 Å². The number of nitrogens with zero attached hydrogens (tertiary/aromatic N) is 6. The molecule has 4 aromatic rings. The van der Waals surface area contributed by atoms with E-state index >= 15 is 0 Å². The number of fused-ring (bicyclic) bond motifs is 2. The molecule has 5 heterocycles. The molecule has 1 saturated heterocycles. The molecule has 0 radical (unpaired) electrons. The zero-order valence-electron chi connectivity index (χ0n) is 17.3. The van der Waals surface area contributed by atoms with E-state index in [0.717, 1.165) is 48.5 Å². The average molecular weight is 406 g/mol. The summed E-state index contributed by atoms with van der Waals surface area (Å²) in [5, 5.41) is 4.61. The molecule has 0 atom stereocenters. The molecule has 1 aliphatic rings. The first-order valence-electron chi connectivity index (χ1n) is 10.2. The number of aromatic nitrogens is 5. The minimum atomic E-state index is -0.374. The SMILES string of the molecule is CC(=O)N1CCC(c2cn3cc(-c4cc(C)c5nc(C)cn5n4)cc(F)c3n2)CC1. The number of aryl methyl sites for hydroxylation is 2. The first-order chi connectivity index (χ1) is 14.4. The van der Waals surface area contributed by atoms with E-state index in [1.165, 1.54) is 6.07 Å². The largest absolute Gasteiger partial charge is 0.343 e. The van der Waals surface area contributed by atoms with Gasteiger partial charge in [0.1, 0.15) is 0 Å². The highest BCUT2D eigenvalue weighted by Gasteiger charge is 2.24. The first-order valence-corrected chi connectivity index (χ1v) is 10.2. The van der Waals surface area contributed by atoms with Crippen LogP contribution in [0.5, 0.6) is 0 Å². The Bertz CT molecular complexity index is 1280. The van der Waals surface area contributed by atoms with Crippen LogP contribution >= 0.6 is 0 Å². The molecule has 0 bridgehead atoms. The van der Waals surface area contributed by atoms with Gasteiger partial charge in [-0.2, -0.15) is 5.10 Å². The van der Waals surface area contributed by atoms with Crippen LogP contribution in [-0.2, 0) is 4.79 Å². The molecule has 30 heavy (non-hydrogen) atoms. The van der Waals surface area contributed by atoms with Crippen LogP contribution in [0.25, 0.3) is 22.6 Å². The van der Waals surface area contributed by atoms with Crippen molar-refractivity contribution in [2.24, 2.45) is 0 Å². The van der Waals surface area contributed by atoms with E-state index in [1.54, 1.807) is 15.8 Å². The highest BCUT2D eigenvalue weighted by atomic mass is 19.1. The fourth-order valence-corrected chi connectivity index (χ4v) is 4.29. The summed E-state index contributed by atoms with van der Waals surface area (Å²) >= 11 is 0. The maximum Gasteiger partial charge on any atom is 0.219 e. The van der Waals surface area contributed by atoms with Crippen LogP contribution in [0.3, 0.4) is 0 Å². The lowest BCUT2D eigenvalue weighted by molar-refractivity contribution is -0.129. The third kappa shape index (κ3) is 3.12. The van der Waals surface area contributed by atoms with Crippen molar-refractivity contribution in [2.45, 2.75) is 39.5 Å². The van der Waals surface area contributed by atoms with Crippen LogP contribution in [0, 0.1) is 19.7 Å². The van der Waals surface area contributed by atoms with Crippen molar-refractivity contribution in [1.82, 2.24) is 28.9 Å². The average Bonchev–Trinajstić information content (AvgIpc) is 3.31. The molecule has 0 aromatic carbocycles. The van der Waals surface area contributed by atoms with Gasteiger partial charge in [-0.1, -0.05) is 0 Å². The molecule has 0 spiro atoms. The smallest absolute Gasteiger partial charge is 0.219 e. The molecular weight excluding hydrogens is 383 g/mol. The molecular formula is C22H23FN6O. The van der Waals surface area contributed by atoms with E-state index in [4.69, 9.17) is 0 Å². The lowest BCUT2D eigenvalue weighted by atomic mass is 9.94. The molecule has 0 N–H and O–H groups in total. The van der Waals surface area contributed by atoms with Crippen molar-refractivity contribution < 1.29 is 9.18 Å². The Morgan fingerprint density at radius 3 is 2.57 bits per heavy atom. The van der Waals surface area contributed by atoms with Crippen LogP contribution in [0.4, 0.5) is 4.39 Å². The number of rotatable bonds is 2. The van der Waals surface area contributed by atoms with Crippen LogP contribution in [0.1, 0.15) is 42.6 Å². The summed E-state index contributed by atoms with van der Waals surface area (Å²) in [5.41, 5.74) is 5.24. The van der Waals surface area contributed by atoms with E-state index in [0.29, 0.717) is 16.9 Å². The van der Waals surface area contributed by atoms with Crippen LogP contribution in [0.2, 0.25) is 0 Å². The van der Waals surface area contributed by atoms with E-state index in [2.05, 4.69) is 15.1 Å². The number of imidazole rings is 2. The Morgan fingerprint density at radius 2 is 1.83 bits per heavy atom. The normalized spacial score (nSPS) is 15.4. The van der Waals surface area contributed by atoms with Crippen molar-refractivity contribution in [3.05, 3.63) is 53.5 Å². The second-order valence-corrected chi connectivity index (χ2v) is 8.12. The maximum atomic E-state index is 14.9. The quantitative estimate of drug-likeness (QED) is 0.511. The van der Waals surface area contributed by atoms with Crippen molar-refractivity contribution in [3.8, 4) is 11.3 Å². The molecule has 0 unspecified atom stereocenters. The standard InChI is InChI=1S/C22H23FN6O/c1-13-8-19(26-29-10-14(2)24-21(13)29)17-9-18(23)22-25-20(12-28(22)11-17)16-4-6-27(7-5-16)15(3)30/h8-12,16H,4-7H2,1-3H3. The number of pyridine rings is 1. The predicted octanol–water partition coefficient (Wildman–Crippen LogP) is 3.53. The Kier molecular flexibility index (Phi) is 4.30. The summed E-state index contributed by atoms with van der Waals surface area (Å²) in [6.07, 6.45) is 7.33. The molecule has 154 valence electrons. The zero-order valence-corrected chi connectivity index (χ0v) is 17.3. The Morgan fingerprint density at radius 1 is 1.07 bits per heavy atom. The number of carbonyl (C=O) groups excluding carboxylic acids is 1. The van der Waals surface area contributed by atoms with Gasteiger partial charge in [0, 0.05) is 43.9 Å².